The quantitative estimate of drug-likeness (QED) is 0.675. The zero-order valence-corrected chi connectivity index (χ0v) is 7.46. The van der Waals surface area contributed by atoms with E-state index in [9.17, 15) is 13.6 Å². The number of nitrogens with zero attached hydrogens (tertiary/aromatic N) is 1. The van der Waals surface area contributed by atoms with Crippen molar-refractivity contribution in [1.82, 2.24) is 10.6 Å². The maximum Gasteiger partial charge on any atom is 0.264 e. The standard InChI is InChI=1S/C8H11F2N3O/c9-8(10)2-1-5(3-8)12-7-11-4-6(14)13-7/h4-5,7,12H,1-3H2,(H,13,14). The topological polar surface area (TPSA) is 53.5 Å². The molecule has 0 bridgehead atoms. The van der Waals surface area contributed by atoms with Crippen LogP contribution < -0.4 is 10.6 Å². The molecule has 1 amide bonds. The van der Waals surface area contributed by atoms with E-state index in [1.54, 1.807) is 0 Å². The van der Waals surface area contributed by atoms with Crippen molar-refractivity contribution in [1.29, 1.82) is 0 Å². The molecule has 0 aromatic rings. The molecular formula is C8H11F2N3O. The van der Waals surface area contributed by atoms with Crippen LogP contribution in [0.5, 0.6) is 0 Å². The van der Waals surface area contributed by atoms with Crippen LogP contribution in [0.15, 0.2) is 4.99 Å². The van der Waals surface area contributed by atoms with Crippen molar-refractivity contribution in [3.8, 4) is 0 Å². The van der Waals surface area contributed by atoms with Gasteiger partial charge in [0.05, 0.1) is 6.21 Å². The molecule has 2 N–H and O–H groups in total. The van der Waals surface area contributed by atoms with Crippen molar-refractivity contribution >= 4 is 12.1 Å². The molecule has 0 aromatic carbocycles. The van der Waals surface area contributed by atoms with Crippen LogP contribution in [0.2, 0.25) is 0 Å². The summed E-state index contributed by atoms with van der Waals surface area (Å²) >= 11 is 0. The Labute approximate surface area is 79.8 Å². The Balaban J connectivity index is 1.82. The number of rotatable bonds is 2. The van der Waals surface area contributed by atoms with E-state index in [1.165, 1.54) is 0 Å². The molecule has 1 fully saturated rings. The van der Waals surface area contributed by atoms with E-state index in [1.807, 2.05) is 0 Å². The lowest BCUT2D eigenvalue weighted by atomic mass is 10.2. The average molecular weight is 203 g/mol. The molecule has 6 heteroatoms. The third kappa shape index (κ3) is 2.06. The van der Waals surface area contributed by atoms with Crippen molar-refractivity contribution in [3.05, 3.63) is 0 Å². The fourth-order valence-corrected chi connectivity index (χ4v) is 1.75. The van der Waals surface area contributed by atoms with Gasteiger partial charge in [-0.25, -0.2) is 13.8 Å². The maximum atomic E-state index is 12.8. The summed E-state index contributed by atoms with van der Waals surface area (Å²) in [5.41, 5.74) is 0. The number of amides is 1. The van der Waals surface area contributed by atoms with E-state index < -0.39 is 12.2 Å². The summed E-state index contributed by atoms with van der Waals surface area (Å²) in [4.78, 5) is 14.5. The Kier molecular flexibility index (Phi) is 2.22. The first-order chi connectivity index (χ1) is 6.55. The summed E-state index contributed by atoms with van der Waals surface area (Å²) in [5.74, 6) is -2.85. The molecule has 2 aliphatic rings. The normalized spacial score (nSPS) is 34.9. The number of carbonyl (C=O) groups is 1. The number of alkyl halides is 2. The second-order valence-electron chi connectivity index (χ2n) is 3.65. The van der Waals surface area contributed by atoms with Gasteiger partial charge >= 0.3 is 0 Å². The van der Waals surface area contributed by atoms with E-state index in [4.69, 9.17) is 0 Å². The Morgan fingerprint density at radius 2 is 2.43 bits per heavy atom. The molecular weight excluding hydrogens is 192 g/mol. The van der Waals surface area contributed by atoms with E-state index in [-0.39, 0.29) is 24.8 Å². The summed E-state index contributed by atoms with van der Waals surface area (Å²) in [6, 6.07) is -0.259. The summed E-state index contributed by atoms with van der Waals surface area (Å²) in [5, 5.41) is 5.34. The van der Waals surface area contributed by atoms with Gasteiger partial charge in [0.1, 0.15) is 0 Å². The van der Waals surface area contributed by atoms with Crippen molar-refractivity contribution < 1.29 is 13.6 Å². The number of nitrogens with one attached hydrogen (secondary N) is 2. The fourth-order valence-electron chi connectivity index (χ4n) is 1.75. The van der Waals surface area contributed by atoms with Crippen LogP contribution in [0.4, 0.5) is 8.78 Å². The zero-order valence-electron chi connectivity index (χ0n) is 7.46. The van der Waals surface area contributed by atoms with E-state index in [0.29, 0.717) is 6.42 Å². The lowest BCUT2D eigenvalue weighted by Gasteiger charge is -2.16. The van der Waals surface area contributed by atoms with Gasteiger partial charge in [0.2, 0.25) is 5.92 Å². The Hall–Kier alpha value is -1.04. The second-order valence-corrected chi connectivity index (χ2v) is 3.65. The Bertz CT molecular complexity index is 280. The van der Waals surface area contributed by atoms with Crippen LogP contribution in [0.1, 0.15) is 19.3 Å². The van der Waals surface area contributed by atoms with E-state index in [0.717, 1.165) is 6.21 Å². The molecule has 2 rings (SSSR count). The van der Waals surface area contributed by atoms with Crippen LogP contribution in [-0.4, -0.2) is 30.4 Å². The highest BCUT2D eigenvalue weighted by molar-refractivity contribution is 6.27. The molecule has 0 spiro atoms. The van der Waals surface area contributed by atoms with Crippen molar-refractivity contribution in [2.45, 2.75) is 37.5 Å². The lowest BCUT2D eigenvalue weighted by Crippen LogP contribution is -2.44. The van der Waals surface area contributed by atoms with Crippen LogP contribution in [0, 0.1) is 0 Å². The predicted octanol–water partition coefficient (Wildman–Crippen LogP) is 0.248. The third-order valence-electron chi connectivity index (χ3n) is 2.42. The van der Waals surface area contributed by atoms with Crippen LogP contribution in [0.25, 0.3) is 0 Å². The molecule has 78 valence electrons. The number of hydrogen-bond donors (Lipinski definition) is 2. The minimum Gasteiger partial charge on any atom is -0.317 e. The highest BCUT2D eigenvalue weighted by Crippen LogP contribution is 2.34. The van der Waals surface area contributed by atoms with Gasteiger partial charge in [-0.3, -0.25) is 10.1 Å². The van der Waals surface area contributed by atoms with Gasteiger partial charge in [0.15, 0.2) is 6.29 Å². The van der Waals surface area contributed by atoms with Gasteiger partial charge in [-0.15, -0.1) is 0 Å². The molecule has 1 saturated carbocycles. The molecule has 0 saturated heterocycles. The van der Waals surface area contributed by atoms with Gasteiger partial charge in [-0.1, -0.05) is 0 Å². The minimum atomic E-state index is -2.57. The smallest absolute Gasteiger partial charge is 0.264 e. The Morgan fingerprint density at radius 1 is 1.64 bits per heavy atom. The molecule has 14 heavy (non-hydrogen) atoms. The molecule has 0 radical (unpaired) electrons. The zero-order chi connectivity index (χ0) is 10.2. The molecule has 1 aliphatic heterocycles. The molecule has 1 aliphatic carbocycles. The molecule has 2 atom stereocenters. The van der Waals surface area contributed by atoms with Crippen molar-refractivity contribution in [3.63, 3.8) is 0 Å². The van der Waals surface area contributed by atoms with Crippen molar-refractivity contribution in [2.75, 3.05) is 0 Å². The van der Waals surface area contributed by atoms with Crippen LogP contribution >= 0.6 is 0 Å². The van der Waals surface area contributed by atoms with Gasteiger partial charge in [-0.05, 0) is 6.42 Å². The summed E-state index contributed by atoms with van der Waals surface area (Å²) in [6.45, 7) is 0. The van der Waals surface area contributed by atoms with Gasteiger partial charge in [0.25, 0.3) is 5.91 Å². The fraction of sp³-hybridized carbons (Fsp3) is 0.750. The number of hydrogen-bond acceptors (Lipinski definition) is 3. The maximum absolute atomic E-state index is 12.8. The molecule has 1 heterocycles. The van der Waals surface area contributed by atoms with Gasteiger partial charge in [-0.2, -0.15) is 0 Å². The van der Waals surface area contributed by atoms with E-state index >= 15 is 0 Å². The average Bonchev–Trinajstić information content (AvgIpc) is 2.59. The largest absolute Gasteiger partial charge is 0.317 e. The second kappa shape index (κ2) is 3.27. The number of aliphatic imine (C=N–C) groups is 1. The summed E-state index contributed by atoms with van der Waals surface area (Å²) in [7, 11) is 0. The lowest BCUT2D eigenvalue weighted by molar-refractivity contribution is -0.114. The SMILES string of the molecule is O=C1C=NC(NC2CCC(F)(F)C2)N1. The first-order valence-electron chi connectivity index (χ1n) is 4.53. The first-order valence-corrected chi connectivity index (χ1v) is 4.53. The number of halogens is 2. The monoisotopic (exact) mass is 203 g/mol. The molecule has 4 nitrogen and oxygen atoms in total. The highest BCUT2D eigenvalue weighted by Gasteiger charge is 2.40. The van der Waals surface area contributed by atoms with Gasteiger partial charge < -0.3 is 5.32 Å². The van der Waals surface area contributed by atoms with Crippen molar-refractivity contribution in [2.24, 2.45) is 4.99 Å². The van der Waals surface area contributed by atoms with Crippen LogP contribution in [0.3, 0.4) is 0 Å². The Morgan fingerprint density at radius 3 is 2.93 bits per heavy atom. The molecule has 0 aromatic heterocycles. The first kappa shape index (κ1) is 9.51. The number of carbonyl (C=O) groups excluding carboxylic acids is 1. The summed E-state index contributed by atoms with van der Waals surface area (Å²) in [6.07, 6.45) is 0.797. The predicted molar refractivity (Wildman–Crippen MR) is 46.1 cm³/mol. The summed E-state index contributed by atoms with van der Waals surface area (Å²) < 4.78 is 25.6. The third-order valence-corrected chi connectivity index (χ3v) is 2.42. The molecule has 2 unspecified atom stereocenters. The van der Waals surface area contributed by atoms with E-state index in [2.05, 4.69) is 15.6 Å². The highest BCUT2D eigenvalue weighted by atomic mass is 19.3. The van der Waals surface area contributed by atoms with Gasteiger partial charge in [0, 0.05) is 18.9 Å². The minimum absolute atomic E-state index is 0.0882. The van der Waals surface area contributed by atoms with Crippen LogP contribution in [-0.2, 0) is 4.79 Å².